The van der Waals surface area contributed by atoms with Crippen molar-refractivity contribution in [2.45, 2.75) is 23.8 Å². The van der Waals surface area contributed by atoms with Crippen molar-refractivity contribution < 1.29 is 8.42 Å². The summed E-state index contributed by atoms with van der Waals surface area (Å²) in [6.07, 6.45) is 3.01. The van der Waals surface area contributed by atoms with Gasteiger partial charge in [0.2, 0.25) is 10.0 Å². The van der Waals surface area contributed by atoms with Gasteiger partial charge >= 0.3 is 0 Å². The number of nitrogens with one attached hydrogen (secondary N) is 1. The summed E-state index contributed by atoms with van der Waals surface area (Å²) < 4.78 is 27.0. The van der Waals surface area contributed by atoms with Gasteiger partial charge in [-0.2, -0.15) is 11.8 Å². The Morgan fingerprint density at radius 1 is 1.42 bits per heavy atom. The summed E-state index contributed by atoms with van der Waals surface area (Å²) in [7, 11) is -3.51. The van der Waals surface area contributed by atoms with Crippen molar-refractivity contribution in [3.05, 3.63) is 24.0 Å². The van der Waals surface area contributed by atoms with E-state index in [2.05, 4.69) is 9.71 Å². The van der Waals surface area contributed by atoms with Crippen molar-refractivity contribution in [3.63, 3.8) is 0 Å². The van der Waals surface area contributed by atoms with E-state index in [1.165, 1.54) is 18.3 Å². The van der Waals surface area contributed by atoms with E-state index in [-0.39, 0.29) is 15.9 Å². The molecule has 0 aromatic carbocycles. The largest absolute Gasteiger partial charge is 0.388 e. The van der Waals surface area contributed by atoms with Crippen LogP contribution in [0.15, 0.2) is 23.2 Å². The fraction of sp³-hybridized carbons (Fsp3) is 0.455. The Morgan fingerprint density at radius 3 is 2.63 bits per heavy atom. The maximum Gasteiger partial charge on any atom is 0.242 e. The standard InChI is InChI=1S/C11H15N3O2S3/c12-11(17)10-2-1-9(7-13-10)19(15,16)14-8-3-5-18-6-4-8/h1-2,7-8,14H,3-6H2,(H2,12,17). The summed E-state index contributed by atoms with van der Waals surface area (Å²) in [6.45, 7) is 0. The zero-order valence-corrected chi connectivity index (χ0v) is 12.7. The smallest absolute Gasteiger partial charge is 0.242 e. The lowest BCUT2D eigenvalue weighted by Gasteiger charge is -2.22. The minimum absolute atomic E-state index is 0.0153. The van der Waals surface area contributed by atoms with E-state index in [1.807, 2.05) is 11.8 Å². The summed E-state index contributed by atoms with van der Waals surface area (Å²) in [5.74, 6) is 1.98. The second-order valence-electron chi connectivity index (χ2n) is 4.25. The minimum atomic E-state index is -3.51. The summed E-state index contributed by atoms with van der Waals surface area (Å²) in [6, 6.07) is 3.01. The summed E-state index contributed by atoms with van der Waals surface area (Å²) in [5, 5.41) is 0. The molecular formula is C11H15N3O2S3. The number of nitrogens with zero attached hydrogens (tertiary/aromatic N) is 1. The van der Waals surface area contributed by atoms with Gasteiger partial charge in [0, 0.05) is 12.2 Å². The van der Waals surface area contributed by atoms with Crippen LogP contribution in [-0.4, -0.2) is 35.9 Å². The maximum atomic E-state index is 12.2. The number of nitrogens with two attached hydrogens (primary N) is 1. The van der Waals surface area contributed by atoms with Gasteiger partial charge in [0.1, 0.15) is 9.88 Å². The van der Waals surface area contributed by atoms with Gasteiger partial charge in [-0.25, -0.2) is 13.1 Å². The van der Waals surface area contributed by atoms with Crippen LogP contribution in [0.2, 0.25) is 0 Å². The molecule has 5 nitrogen and oxygen atoms in total. The van der Waals surface area contributed by atoms with E-state index in [1.54, 1.807) is 0 Å². The first-order valence-electron chi connectivity index (χ1n) is 5.85. The van der Waals surface area contributed by atoms with Crippen LogP contribution in [0.4, 0.5) is 0 Å². The number of sulfonamides is 1. The van der Waals surface area contributed by atoms with Crippen molar-refractivity contribution in [1.29, 1.82) is 0 Å². The first-order chi connectivity index (χ1) is 8.99. The maximum absolute atomic E-state index is 12.2. The fourth-order valence-corrected chi connectivity index (χ4v) is 4.26. The second-order valence-corrected chi connectivity index (χ2v) is 7.63. The molecule has 104 valence electrons. The third-order valence-electron chi connectivity index (χ3n) is 2.84. The van der Waals surface area contributed by atoms with Crippen molar-refractivity contribution in [2.24, 2.45) is 5.73 Å². The SMILES string of the molecule is NC(=S)c1ccc(S(=O)(=O)NC2CCSCC2)cn1. The molecule has 0 amide bonds. The molecule has 1 saturated heterocycles. The first kappa shape index (κ1) is 14.7. The lowest BCUT2D eigenvalue weighted by Crippen LogP contribution is -2.37. The lowest BCUT2D eigenvalue weighted by atomic mass is 10.2. The Balaban J connectivity index is 2.12. The predicted molar refractivity (Wildman–Crippen MR) is 80.8 cm³/mol. The molecule has 8 heteroatoms. The third-order valence-corrected chi connectivity index (χ3v) is 5.61. The first-order valence-corrected chi connectivity index (χ1v) is 8.89. The highest BCUT2D eigenvalue weighted by Crippen LogP contribution is 2.19. The third kappa shape index (κ3) is 3.88. The average molecular weight is 317 g/mol. The van der Waals surface area contributed by atoms with Crippen molar-refractivity contribution >= 4 is 39.0 Å². The fourth-order valence-electron chi connectivity index (χ4n) is 1.79. The normalized spacial score (nSPS) is 17.3. The van der Waals surface area contributed by atoms with E-state index in [0.29, 0.717) is 5.69 Å². The average Bonchev–Trinajstić information content (AvgIpc) is 2.39. The molecule has 0 radical (unpaired) electrons. The molecule has 2 rings (SSSR count). The minimum Gasteiger partial charge on any atom is -0.388 e. The molecule has 0 atom stereocenters. The molecule has 1 fully saturated rings. The van der Waals surface area contributed by atoms with Gasteiger partial charge in [-0.1, -0.05) is 12.2 Å². The summed E-state index contributed by atoms with van der Waals surface area (Å²) in [5.41, 5.74) is 5.84. The van der Waals surface area contributed by atoms with Crippen LogP contribution >= 0.6 is 24.0 Å². The van der Waals surface area contributed by atoms with Crippen molar-refractivity contribution in [2.75, 3.05) is 11.5 Å². The topological polar surface area (TPSA) is 85.1 Å². The second kappa shape index (κ2) is 6.17. The number of thiocarbonyl (C=S) groups is 1. The molecule has 3 N–H and O–H groups in total. The van der Waals surface area contributed by atoms with Crippen LogP contribution in [-0.2, 0) is 10.0 Å². The van der Waals surface area contributed by atoms with Gasteiger partial charge < -0.3 is 5.73 Å². The lowest BCUT2D eigenvalue weighted by molar-refractivity contribution is 0.528. The number of aromatic nitrogens is 1. The van der Waals surface area contributed by atoms with Gasteiger partial charge in [-0.05, 0) is 36.5 Å². The molecule has 1 aliphatic rings. The van der Waals surface area contributed by atoms with Crippen LogP contribution in [0.1, 0.15) is 18.5 Å². The van der Waals surface area contributed by atoms with Gasteiger partial charge in [-0.3, -0.25) is 4.98 Å². The molecular weight excluding hydrogens is 302 g/mol. The van der Waals surface area contributed by atoms with Crippen LogP contribution in [0, 0.1) is 0 Å². The number of pyridine rings is 1. The van der Waals surface area contributed by atoms with E-state index in [9.17, 15) is 8.42 Å². The number of hydrogen-bond acceptors (Lipinski definition) is 5. The van der Waals surface area contributed by atoms with E-state index in [0.717, 1.165) is 24.3 Å². The Kier molecular flexibility index (Phi) is 4.77. The molecule has 0 aliphatic carbocycles. The van der Waals surface area contributed by atoms with Gasteiger partial charge in [0.15, 0.2) is 0 Å². The van der Waals surface area contributed by atoms with Crippen LogP contribution < -0.4 is 10.5 Å². The zero-order chi connectivity index (χ0) is 13.9. The number of thioether (sulfide) groups is 1. The molecule has 1 aliphatic heterocycles. The number of hydrogen-bond donors (Lipinski definition) is 2. The molecule has 2 heterocycles. The van der Waals surface area contributed by atoms with Crippen LogP contribution in [0.5, 0.6) is 0 Å². The van der Waals surface area contributed by atoms with E-state index < -0.39 is 10.0 Å². The van der Waals surface area contributed by atoms with Crippen LogP contribution in [0.3, 0.4) is 0 Å². The molecule has 1 aromatic heterocycles. The monoisotopic (exact) mass is 317 g/mol. The zero-order valence-electron chi connectivity index (χ0n) is 10.2. The molecule has 19 heavy (non-hydrogen) atoms. The molecule has 0 unspecified atom stereocenters. The van der Waals surface area contributed by atoms with Crippen molar-refractivity contribution in [1.82, 2.24) is 9.71 Å². The quantitative estimate of drug-likeness (QED) is 0.802. The highest BCUT2D eigenvalue weighted by Gasteiger charge is 2.22. The van der Waals surface area contributed by atoms with E-state index in [4.69, 9.17) is 18.0 Å². The molecule has 0 spiro atoms. The molecule has 0 bridgehead atoms. The van der Waals surface area contributed by atoms with Crippen LogP contribution in [0.25, 0.3) is 0 Å². The predicted octanol–water partition coefficient (Wildman–Crippen LogP) is 0.890. The van der Waals surface area contributed by atoms with E-state index >= 15 is 0 Å². The summed E-state index contributed by atoms with van der Waals surface area (Å²) in [4.78, 5) is 4.25. The highest BCUT2D eigenvalue weighted by atomic mass is 32.2. The summed E-state index contributed by atoms with van der Waals surface area (Å²) >= 11 is 6.63. The van der Waals surface area contributed by atoms with Crippen molar-refractivity contribution in [3.8, 4) is 0 Å². The Hall–Kier alpha value is -0.700. The van der Waals surface area contributed by atoms with Gasteiger partial charge in [0.05, 0.1) is 5.69 Å². The van der Waals surface area contributed by atoms with Gasteiger partial charge in [0.25, 0.3) is 0 Å². The molecule has 1 aromatic rings. The number of rotatable bonds is 4. The molecule has 0 saturated carbocycles. The highest BCUT2D eigenvalue weighted by molar-refractivity contribution is 7.99. The Bertz CT molecular complexity index is 551. The Labute approximate surface area is 122 Å². The van der Waals surface area contributed by atoms with Gasteiger partial charge in [-0.15, -0.1) is 0 Å². The Morgan fingerprint density at radius 2 is 2.11 bits per heavy atom.